The lowest BCUT2D eigenvalue weighted by Gasteiger charge is -2.20. The van der Waals surface area contributed by atoms with E-state index in [-0.39, 0.29) is 18.2 Å². The number of nitrogens with one attached hydrogen (secondary N) is 2. The van der Waals surface area contributed by atoms with Gasteiger partial charge in [0.15, 0.2) is 0 Å². The van der Waals surface area contributed by atoms with Crippen LogP contribution >= 0.6 is 11.3 Å². The quantitative estimate of drug-likeness (QED) is 0.662. The molecule has 3 aromatic rings. The van der Waals surface area contributed by atoms with Crippen LogP contribution in [-0.4, -0.2) is 28.6 Å². The van der Waals surface area contributed by atoms with Crippen molar-refractivity contribution in [1.29, 1.82) is 0 Å². The first-order valence-corrected chi connectivity index (χ1v) is 9.91. The number of benzene rings is 1. The molecule has 1 aliphatic heterocycles. The minimum atomic E-state index is -0.272. The van der Waals surface area contributed by atoms with Crippen molar-refractivity contribution in [3.63, 3.8) is 0 Å². The van der Waals surface area contributed by atoms with E-state index in [4.69, 9.17) is 9.47 Å². The number of thiazole rings is 1. The molecule has 1 saturated heterocycles. The van der Waals surface area contributed by atoms with E-state index in [2.05, 4.69) is 20.6 Å². The van der Waals surface area contributed by atoms with Crippen LogP contribution in [0.1, 0.15) is 23.8 Å². The van der Waals surface area contributed by atoms with Gasteiger partial charge in [-0.1, -0.05) is 6.07 Å². The Morgan fingerprint density at radius 3 is 3.00 bits per heavy atom. The van der Waals surface area contributed by atoms with E-state index in [0.29, 0.717) is 24.7 Å². The van der Waals surface area contributed by atoms with Crippen molar-refractivity contribution >= 4 is 23.1 Å². The predicted octanol–water partition coefficient (Wildman–Crippen LogP) is 3.77. The molecule has 2 atom stereocenters. The molecule has 2 N–H and O–H groups in total. The zero-order valence-electron chi connectivity index (χ0n) is 15.1. The number of hydrogen-bond acceptors (Lipinski definition) is 6. The van der Waals surface area contributed by atoms with Gasteiger partial charge in [-0.15, -0.1) is 11.3 Å². The average Bonchev–Trinajstić information content (AvgIpc) is 3.39. The number of hydrogen-bond donors (Lipinski definition) is 2. The van der Waals surface area contributed by atoms with Crippen LogP contribution in [0.3, 0.4) is 0 Å². The summed E-state index contributed by atoms with van der Waals surface area (Å²) in [5.74, 6) is 0.671. The largest absolute Gasteiger partial charge is 0.487 e. The topological polar surface area (TPSA) is 85.4 Å². The van der Waals surface area contributed by atoms with E-state index < -0.39 is 0 Å². The Hall–Kier alpha value is -2.97. The summed E-state index contributed by atoms with van der Waals surface area (Å²) in [7, 11) is 0. The molecule has 1 fully saturated rings. The van der Waals surface area contributed by atoms with Crippen LogP contribution in [0.25, 0.3) is 0 Å². The van der Waals surface area contributed by atoms with Gasteiger partial charge in [0.1, 0.15) is 18.5 Å². The van der Waals surface area contributed by atoms with Crippen LogP contribution in [0, 0.1) is 0 Å². The molecular weight excluding hydrogens is 376 g/mol. The van der Waals surface area contributed by atoms with Gasteiger partial charge in [0, 0.05) is 36.1 Å². The highest BCUT2D eigenvalue weighted by atomic mass is 32.1. The number of carbonyl (C=O) groups is 1. The Bertz CT molecular complexity index is 905. The van der Waals surface area contributed by atoms with Crippen LogP contribution in [0.4, 0.5) is 10.5 Å². The number of anilines is 1. The molecule has 2 aromatic heterocycles. The normalized spacial score (nSPS) is 18.6. The number of aromatic nitrogens is 2. The number of pyridine rings is 1. The third kappa shape index (κ3) is 4.65. The number of urea groups is 1. The van der Waals surface area contributed by atoms with Gasteiger partial charge < -0.3 is 20.1 Å². The standard InChI is InChI=1S/C20H20N4O3S/c25-20(24-18-6-9-26-19(18)14-4-7-21-8-5-14)23-15-2-1-3-17(10-15)27-11-16-12-28-13-22-16/h1-5,7-8,10,12-13,18-19H,6,9,11H2,(H2,23,24,25)/t18-,19+/m1/s1. The summed E-state index contributed by atoms with van der Waals surface area (Å²) >= 11 is 1.53. The fraction of sp³-hybridized carbons (Fsp3) is 0.250. The van der Waals surface area contributed by atoms with E-state index in [1.807, 2.05) is 35.7 Å². The third-order valence-electron chi connectivity index (χ3n) is 4.40. The Kier molecular flexibility index (Phi) is 5.79. The van der Waals surface area contributed by atoms with E-state index in [1.165, 1.54) is 11.3 Å². The Balaban J connectivity index is 1.34. The lowest BCUT2D eigenvalue weighted by atomic mass is 10.0. The molecule has 0 radical (unpaired) electrons. The molecule has 0 spiro atoms. The summed E-state index contributed by atoms with van der Waals surface area (Å²) in [5, 5.41) is 7.81. The molecule has 1 aromatic carbocycles. The van der Waals surface area contributed by atoms with Crippen molar-refractivity contribution < 1.29 is 14.3 Å². The van der Waals surface area contributed by atoms with Crippen LogP contribution in [0.15, 0.2) is 59.7 Å². The molecule has 0 aliphatic carbocycles. The number of nitrogens with zero attached hydrogens (tertiary/aromatic N) is 2. The molecule has 0 unspecified atom stereocenters. The van der Waals surface area contributed by atoms with Gasteiger partial charge in [-0.2, -0.15) is 0 Å². The molecule has 7 nitrogen and oxygen atoms in total. The summed E-state index contributed by atoms with van der Waals surface area (Å²) in [4.78, 5) is 20.7. The maximum Gasteiger partial charge on any atom is 0.319 e. The fourth-order valence-corrected chi connectivity index (χ4v) is 3.63. The lowest BCUT2D eigenvalue weighted by Crippen LogP contribution is -2.39. The summed E-state index contributed by atoms with van der Waals surface area (Å²) in [6, 6.07) is 10.7. The third-order valence-corrected chi connectivity index (χ3v) is 5.04. The minimum Gasteiger partial charge on any atom is -0.487 e. The molecule has 8 heteroatoms. The van der Waals surface area contributed by atoms with E-state index >= 15 is 0 Å². The Morgan fingerprint density at radius 1 is 1.29 bits per heavy atom. The molecule has 28 heavy (non-hydrogen) atoms. The highest BCUT2D eigenvalue weighted by Crippen LogP contribution is 2.28. The zero-order chi connectivity index (χ0) is 19.2. The smallest absolute Gasteiger partial charge is 0.319 e. The second kappa shape index (κ2) is 8.81. The molecule has 1 aliphatic rings. The van der Waals surface area contributed by atoms with E-state index in [1.54, 1.807) is 24.0 Å². The molecular formula is C20H20N4O3S. The molecule has 4 rings (SSSR count). The first-order chi connectivity index (χ1) is 13.8. The van der Waals surface area contributed by atoms with Gasteiger partial charge >= 0.3 is 6.03 Å². The zero-order valence-corrected chi connectivity index (χ0v) is 15.9. The second-order valence-corrected chi connectivity index (χ2v) is 7.08. The van der Waals surface area contributed by atoms with Crippen LogP contribution < -0.4 is 15.4 Å². The van der Waals surface area contributed by atoms with Crippen LogP contribution in [0.2, 0.25) is 0 Å². The molecule has 3 heterocycles. The van der Waals surface area contributed by atoms with Crippen molar-refractivity contribution in [2.24, 2.45) is 0 Å². The molecule has 144 valence electrons. The Labute approximate surface area is 166 Å². The van der Waals surface area contributed by atoms with Crippen LogP contribution in [-0.2, 0) is 11.3 Å². The van der Waals surface area contributed by atoms with Gasteiger partial charge in [0.05, 0.1) is 17.2 Å². The minimum absolute atomic E-state index is 0.0912. The number of rotatable bonds is 6. The van der Waals surface area contributed by atoms with Crippen molar-refractivity contribution in [1.82, 2.24) is 15.3 Å². The number of amides is 2. The highest BCUT2D eigenvalue weighted by molar-refractivity contribution is 7.07. The van der Waals surface area contributed by atoms with Crippen LogP contribution in [0.5, 0.6) is 5.75 Å². The van der Waals surface area contributed by atoms with Crippen molar-refractivity contribution in [3.8, 4) is 5.75 Å². The molecule has 0 saturated carbocycles. The predicted molar refractivity (Wildman–Crippen MR) is 106 cm³/mol. The van der Waals surface area contributed by atoms with Gasteiger partial charge in [-0.25, -0.2) is 9.78 Å². The monoisotopic (exact) mass is 396 g/mol. The second-order valence-electron chi connectivity index (χ2n) is 6.36. The van der Waals surface area contributed by atoms with Crippen molar-refractivity contribution in [2.75, 3.05) is 11.9 Å². The van der Waals surface area contributed by atoms with E-state index in [0.717, 1.165) is 17.7 Å². The first-order valence-electron chi connectivity index (χ1n) is 8.97. The molecule has 2 amide bonds. The van der Waals surface area contributed by atoms with Crippen molar-refractivity contribution in [3.05, 3.63) is 70.9 Å². The summed E-state index contributed by atoms with van der Waals surface area (Å²) in [6.45, 7) is 1.00. The molecule has 0 bridgehead atoms. The summed E-state index contributed by atoms with van der Waals surface area (Å²) < 4.78 is 11.5. The fourth-order valence-electron chi connectivity index (χ4n) is 3.08. The maximum absolute atomic E-state index is 12.5. The summed E-state index contributed by atoms with van der Waals surface area (Å²) in [5.41, 5.74) is 4.32. The SMILES string of the molecule is O=C(Nc1cccc(OCc2cscn2)c1)N[C@@H]1CCO[C@H]1c1ccncc1. The first kappa shape index (κ1) is 18.4. The maximum atomic E-state index is 12.5. The Morgan fingerprint density at radius 2 is 2.18 bits per heavy atom. The lowest BCUT2D eigenvalue weighted by molar-refractivity contribution is 0.100. The highest BCUT2D eigenvalue weighted by Gasteiger charge is 2.30. The van der Waals surface area contributed by atoms with Gasteiger partial charge in [-0.05, 0) is 36.2 Å². The summed E-state index contributed by atoms with van der Waals surface area (Å²) in [6.07, 6.45) is 4.05. The van der Waals surface area contributed by atoms with E-state index in [9.17, 15) is 4.79 Å². The van der Waals surface area contributed by atoms with Gasteiger partial charge in [0.25, 0.3) is 0 Å². The number of ether oxygens (including phenoxy) is 2. The van der Waals surface area contributed by atoms with Gasteiger partial charge in [0.2, 0.25) is 0 Å². The van der Waals surface area contributed by atoms with Crippen molar-refractivity contribution in [2.45, 2.75) is 25.2 Å². The number of carbonyl (C=O) groups excluding carboxylic acids is 1. The average molecular weight is 396 g/mol. The van der Waals surface area contributed by atoms with Gasteiger partial charge in [-0.3, -0.25) is 4.98 Å².